The van der Waals surface area contributed by atoms with E-state index in [1.54, 1.807) is 31.4 Å². The molecule has 2 aromatic carbocycles. The number of anilines is 1. The average Bonchev–Trinajstić information content (AvgIpc) is 2.78. The summed E-state index contributed by atoms with van der Waals surface area (Å²) in [5, 5.41) is 9.96. The van der Waals surface area contributed by atoms with E-state index in [0.29, 0.717) is 36.7 Å². The topological polar surface area (TPSA) is 94.5 Å². The van der Waals surface area contributed by atoms with Crippen molar-refractivity contribution in [2.24, 2.45) is 0 Å². The Bertz CT molecular complexity index is 1090. The van der Waals surface area contributed by atoms with E-state index in [-0.39, 0.29) is 11.6 Å². The molecule has 2 amide bonds. The zero-order valence-corrected chi connectivity index (χ0v) is 17.8. The third-order valence-electron chi connectivity index (χ3n) is 4.70. The number of benzene rings is 2. The van der Waals surface area contributed by atoms with Gasteiger partial charge in [0.1, 0.15) is 11.5 Å². The standard InChI is InChI=1S/C23H26N4O4/c1-16-5-7-17(8-6-16)19-11-12-22(28)27(26-19)14-4-13-24-23(29)25-20-10-9-18(30-2)15-21(20)31-3/h5-12,15H,4,13-14H2,1-3H3,(H2,24,25,29). The van der Waals surface area contributed by atoms with E-state index < -0.39 is 0 Å². The highest BCUT2D eigenvalue weighted by Gasteiger charge is 2.09. The predicted octanol–water partition coefficient (Wildman–Crippen LogP) is 3.45. The van der Waals surface area contributed by atoms with Crippen molar-refractivity contribution >= 4 is 11.7 Å². The quantitative estimate of drug-likeness (QED) is 0.542. The number of amides is 2. The third kappa shape index (κ3) is 5.85. The lowest BCUT2D eigenvalue weighted by Crippen LogP contribution is -2.31. The molecular weight excluding hydrogens is 396 g/mol. The van der Waals surface area contributed by atoms with Gasteiger partial charge in [-0.05, 0) is 31.5 Å². The second-order valence-electron chi connectivity index (χ2n) is 6.95. The van der Waals surface area contributed by atoms with Gasteiger partial charge in [-0.1, -0.05) is 29.8 Å². The van der Waals surface area contributed by atoms with Gasteiger partial charge in [-0.3, -0.25) is 4.79 Å². The van der Waals surface area contributed by atoms with Crippen LogP contribution in [0.25, 0.3) is 11.3 Å². The SMILES string of the molecule is COc1ccc(NC(=O)NCCCn2nc(-c3ccc(C)cc3)ccc2=O)c(OC)c1. The van der Waals surface area contributed by atoms with E-state index in [4.69, 9.17) is 9.47 Å². The molecule has 0 aliphatic carbocycles. The Morgan fingerprint density at radius 3 is 2.52 bits per heavy atom. The number of nitrogens with zero attached hydrogens (tertiary/aromatic N) is 2. The molecule has 0 aliphatic rings. The fraction of sp³-hybridized carbons (Fsp3) is 0.261. The summed E-state index contributed by atoms with van der Waals surface area (Å²) in [5.74, 6) is 1.13. The number of methoxy groups -OCH3 is 2. The fourth-order valence-electron chi connectivity index (χ4n) is 2.99. The molecule has 0 atom stereocenters. The van der Waals surface area contributed by atoms with Crippen LogP contribution < -0.4 is 25.7 Å². The van der Waals surface area contributed by atoms with Crippen molar-refractivity contribution in [3.8, 4) is 22.8 Å². The number of hydrogen-bond acceptors (Lipinski definition) is 5. The maximum Gasteiger partial charge on any atom is 0.319 e. The van der Waals surface area contributed by atoms with E-state index in [2.05, 4.69) is 15.7 Å². The normalized spacial score (nSPS) is 10.4. The number of aromatic nitrogens is 2. The molecule has 0 fully saturated rings. The van der Waals surface area contributed by atoms with E-state index in [9.17, 15) is 9.59 Å². The highest BCUT2D eigenvalue weighted by Crippen LogP contribution is 2.28. The van der Waals surface area contributed by atoms with E-state index in [0.717, 1.165) is 16.8 Å². The van der Waals surface area contributed by atoms with Crippen LogP contribution in [0.2, 0.25) is 0 Å². The Hall–Kier alpha value is -3.81. The number of urea groups is 1. The van der Waals surface area contributed by atoms with Crippen LogP contribution in [0.5, 0.6) is 11.5 Å². The Kier molecular flexibility index (Phi) is 7.26. The van der Waals surface area contributed by atoms with E-state index in [1.165, 1.54) is 17.9 Å². The third-order valence-corrected chi connectivity index (χ3v) is 4.70. The molecule has 8 nitrogen and oxygen atoms in total. The molecule has 8 heteroatoms. The van der Waals surface area contributed by atoms with E-state index >= 15 is 0 Å². The Morgan fingerprint density at radius 2 is 1.81 bits per heavy atom. The van der Waals surface area contributed by atoms with Crippen LogP contribution in [0.1, 0.15) is 12.0 Å². The first kappa shape index (κ1) is 21.9. The monoisotopic (exact) mass is 422 g/mol. The summed E-state index contributed by atoms with van der Waals surface area (Å²) in [6, 6.07) is 16.0. The Labute approximate surface area is 180 Å². The van der Waals surface area contributed by atoms with Crippen LogP contribution in [0, 0.1) is 6.92 Å². The van der Waals surface area contributed by atoms with Gasteiger partial charge in [0.05, 0.1) is 25.6 Å². The van der Waals surface area contributed by atoms with Gasteiger partial charge in [0.15, 0.2) is 0 Å². The summed E-state index contributed by atoms with van der Waals surface area (Å²) in [6.07, 6.45) is 0.553. The molecule has 0 radical (unpaired) electrons. The van der Waals surface area contributed by atoms with Gasteiger partial charge in [0.25, 0.3) is 5.56 Å². The smallest absolute Gasteiger partial charge is 0.319 e. The molecule has 2 N–H and O–H groups in total. The summed E-state index contributed by atoms with van der Waals surface area (Å²) in [5.41, 5.74) is 3.20. The molecule has 3 aromatic rings. The van der Waals surface area contributed by atoms with Crippen LogP contribution in [0.15, 0.2) is 59.4 Å². The number of ether oxygens (including phenoxy) is 2. The molecule has 0 bridgehead atoms. The number of hydrogen-bond donors (Lipinski definition) is 2. The maximum absolute atomic E-state index is 12.2. The van der Waals surface area contributed by atoms with Crippen LogP contribution in [-0.2, 0) is 6.54 Å². The maximum atomic E-state index is 12.2. The number of aryl methyl sites for hydroxylation is 2. The molecule has 1 aromatic heterocycles. The summed E-state index contributed by atoms with van der Waals surface area (Å²) >= 11 is 0. The van der Waals surface area contributed by atoms with Crippen molar-refractivity contribution in [3.63, 3.8) is 0 Å². The molecule has 1 heterocycles. The molecule has 162 valence electrons. The van der Waals surface area contributed by atoms with Gasteiger partial charge in [-0.15, -0.1) is 0 Å². The van der Waals surface area contributed by atoms with Crippen molar-refractivity contribution in [2.45, 2.75) is 19.9 Å². The van der Waals surface area contributed by atoms with Gasteiger partial charge in [-0.25, -0.2) is 9.48 Å². The van der Waals surface area contributed by atoms with E-state index in [1.807, 2.05) is 31.2 Å². The molecule has 31 heavy (non-hydrogen) atoms. The van der Waals surface area contributed by atoms with Gasteiger partial charge >= 0.3 is 6.03 Å². The first-order valence-electron chi connectivity index (χ1n) is 9.92. The van der Waals surface area contributed by atoms with Crippen LogP contribution in [0.4, 0.5) is 10.5 Å². The van der Waals surface area contributed by atoms with Crippen molar-refractivity contribution in [3.05, 3.63) is 70.5 Å². The van der Waals surface area contributed by atoms with Gasteiger partial charge in [-0.2, -0.15) is 5.10 Å². The number of carbonyl (C=O) groups is 1. The second kappa shape index (κ2) is 10.3. The van der Waals surface area contributed by atoms with Crippen LogP contribution >= 0.6 is 0 Å². The first-order chi connectivity index (χ1) is 15.0. The molecule has 0 aliphatic heterocycles. The molecule has 3 rings (SSSR count). The fourth-order valence-corrected chi connectivity index (χ4v) is 2.99. The van der Waals surface area contributed by atoms with Gasteiger partial charge in [0.2, 0.25) is 0 Å². The molecule has 0 spiro atoms. The van der Waals surface area contributed by atoms with Crippen molar-refractivity contribution in [1.82, 2.24) is 15.1 Å². The van der Waals surface area contributed by atoms with Crippen LogP contribution in [0.3, 0.4) is 0 Å². The van der Waals surface area contributed by atoms with Crippen LogP contribution in [-0.4, -0.2) is 36.6 Å². The van der Waals surface area contributed by atoms with Gasteiger partial charge in [0, 0.05) is 30.8 Å². The lowest BCUT2D eigenvalue weighted by molar-refractivity contribution is 0.251. The zero-order valence-electron chi connectivity index (χ0n) is 17.8. The lowest BCUT2D eigenvalue weighted by atomic mass is 10.1. The van der Waals surface area contributed by atoms with Crippen molar-refractivity contribution in [1.29, 1.82) is 0 Å². The second-order valence-corrected chi connectivity index (χ2v) is 6.95. The number of rotatable bonds is 8. The van der Waals surface area contributed by atoms with Crippen molar-refractivity contribution in [2.75, 3.05) is 26.1 Å². The lowest BCUT2D eigenvalue weighted by Gasteiger charge is -2.12. The van der Waals surface area contributed by atoms with Gasteiger partial charge < -0.3 is 20.1 Å². The molecule has 0 unspecified atom stereocenters. The highest BCUT2D eigenvalue weighted by atomic mass is 16.5. The molecule has 0 saturated heterocycles. The molecular formula is C23H26N4O4. The number of carbonyl (C=O) groups excluding carboxylic acids is 1. The highest BCUT2D eigenvalue weighted by molar-refractivity contribution is 5.91. The summed E-state index contributed by atoms with van der Waals surface area (Å²) in [7, 11) is 3.08. The summed E-state index contributed by atoms with van der Waals surface area (Å²) < 4.78 is 11.8. The van der Waals surface area contributed by atoms with Crippen molar-refractivity contribution < 1.29 is 14.3 Å². The minimum Gasteiger partial charge on any atom is -0.497 e. The Morgan fingerprint density at radius 1 is 1.03 bits per heavy atom. The molecule has 0 saturated carbocycles. The minimum absolute atomic E-state index is 0.178. The minimum atomic E-state index is -0.364. The largest absolute Gasteiger partial charge is 0.497 e. The summed E-state index contributed by atoms with van der Waals surface area (Å²) in [6.45, 7) is 2.80. The first-order valence-corrected chi connectivity index (χ1v) is 9.92. The number of nitrogens with one attached hydrogen (secondary N) is 2. The Balaban J connectivity index is 1.54. The summed E-state index contributed by atoms with van der Waals surface area (Å²) in [4.78, 5) is 24.3. The predicted molar refractivity (Wildman–Crippen MR) is 120 cm³/mol. The average molecular weight is 422 g/mol. The zero-order chi connectivity index (χ0) is 22.2.